The van der Waals surface area contributed by atoms with Crippen molar-refractivity contribution in [1.29, 1.82) is 0 Å². The number of nitro benzene ring substituents is 1. The molecule has 0 bridgehead atoms. The van der Waals surface area contributed by atoms with Crippen LogP contribution in [-0.4, -0.2) is 63.0 Å². The fourth-order valence-electron chi connectivity index (χ4n) is 5.03. The van der Waals surface area contributed by atoms with Gasteiger partial charge < -0.3 is 24.0 Å². The van der Waals surface area contributed by atoms with Crippen molar-refractivity contribution < 1.29 is 19.5 Å². The van der Waals surface area contributed by atoms with Gasteiger partial charge in [-0.1, -0.05) is 12.1 Å². The van der Waals surface area contributed by atoms with Gasteiger partial charge in [-0.25, -0.2) is 15.0 Å². The van der Waals surface area contributed by atoms with Crippen LogP contribution in [0.4, 0.5) is 11.5 Å². The first-order chi connectivity index (χ1) is 18.4. The molecule has 2 aliphatic rings. The molecule has 1 saturated carbocycles. The average Bonchev–Trinajstić information content (AvgIpc) is 3.30. The monoisotopic (exact) mass is 516 g/mol. The van der Waals surface area contributed by atoms with Crippen LogP contribution in [0.2, 0.25) is 0 Å². The molecule has 1 saturated heterocycles. The molecule has 4 aromatic rings. The van der Waals surface area contributed by atoms with E-state index in [1.54, 1.807) is 19.2 Å². The molecule has 38 heavy (non-hydrogen) atoms. The first kappa shape index (κ1) is 24.3. The Morgan fingerprint density at radius 2 is 1.76 bits per heavy atom. The van der Waals surface area contributed by atoms with Gasteiger partial charge in [-0.05, 0) is 49.1 Å². The minimum Gasteiger partial charge on any atom is -0.497 e. The Labute approximate surface area is 218 Å². The molecule has 1 aliphatic carbocycles. The van der Waals surface area contributed by atoms with Crippen LogP contribution in [0, 0.1) is 10.1 Å². The Morgan fingerprint density at radius 3 is 2.37 bits per heavy atom. The van der Waals surface area contributed by atoms with Gasteiger partial charge in [0.25, 0.3) is 5.69 Å². The summed E-state index contributed by atoms with van der Waals surface area (Å²) in [5, 5.41) is 22.6. The molecule has 0 unspecified atom stereocenters. The molecule has 0 spiro atoms. The Bertz CT molecular complexity index is 1470. The highest BCUT2D eigenvalue weighted by Gasteiger charge is 2.42. The second kappa shape index (κ2) is 9.66. The van der Waals surface area contributed by atoms with Crippen LogP contribution in [0.5, 0.6) is 5.75 Å². The molecular formula is C27H28N6O5. The lowest BCUT2D eigenvalue weighted by Gasteiger charge is -2.36. The molecule has 2 aromatic heterocycles. The minimum atomic E-state index is -1.02. The van der Waals surface area contributed by atoms with Gasteiger partial charge in [0.2, 0.25) is 0 Å². The average molecular weight is 517 g/mol. The molecule has 196 valence electrons. The number of morpholine rings is 1. The van der Waals surface area contributed by atoms with E-state index in [-0.39, 0.29) is 5.69 Å². The van der Waals surface area contributed by atoms with E-state index in [0.717, 1.165) is 23.3 Å². The Balaban J connectivity index is 1.54. The lowest BCUT2D eigenvalue weighted by molar-refractivity contribution is -0.384. The van der Waals surface area contributed by atoms with Gasteiger partial charge in [0.05, 0.1) is 25.2 Å². The standard InChI is InChI=1S/C27H28N6O5/c1-37-21-9-3-18(4-10-21)17-32-22-24(30-26(32)27(34)11-2-12-27)28-23(19-5-7-20(8-6-19)33(35)36)29-25(22)31-13-15-38-16-14-31/h3-10,34H,2,11-17H2,1H3. The summed E-state index contributed by atoms with van der Waals surface area (Å²) in [6.45, 7) is 2.93. The van der Waals surface area contributed by atoms with Gasteiger partial charge in [0, 0.05) is 37.3 Å². The van der Waals surface area contributed by atoms with E-state index in [1.165, 1.54) is 12.1 Å². The van der Waals surface area contributed by atoms with Crippen molar-refractivity contribution in [1.82, 2.24) is 19.5 Å². The quantitative estimate of drug-likeness (QED) is 0.289. The van der Waals surface area contributed by atoms with E-state index in [9.17, 15) is 15.2 Å². The predicted octanol–water partition coefficient (Wildman–Crippen LogP) is 3.67. The highest BCUT2D eigenvalue weighted by Crippen LogP contribution is 2.43. The van der Waals surface area contributed by atoms with Crippen LogP contribution in [0.3, 0.4) is 0 Å². The molecule has 11 heteroatoms. The summed E-state index contributed by atoms with van der Waals surface area (Å²) >= 11 is 0. The Morgan fingerprint density at radius 1 is 1.05 bits per heavy atom. The van der Waals surface area contributed by atoms with Gasteiger partial charge >= 0.3 is 0 Å². The van der Waals surface area contributed by atoms with Crippen molar-refractivity contribution in [2.45, 2.75) is 31.4 Å². The first-order valence-electron chi connectivity index (χ1n) is 12.7. The maximum absolute atomic E-state index is 11.4. The number of aliphatic hydroxyl groups is 1. The SMILES string of the molecule is COc1ccc(Cn2c(C3(O)CCC3)nc3nc(-c4ccc([N+](=O)[O-])cc4)nc(N4CCOCC4)c32)cc1. The van der Waals surface area contributed by atoms with E-state index >= 15 is 0 Å². The zero-order chi connectivity index (χ0) is 26.3. The highest BCUT2D eigenvalue weighted by atomic mass is 16.6. The van der Waals surface area contributed by atoms with Gasteiger partial charge in [-0.3, -0.25) is 10.1 Å². The Kier molecular flexibility index (Phi) is 6.16. The molecule has 0 atom stereocenters. The Hall–Kier alpha value is -4.09. The smallest absolute Gasteiger partial charge is 0.269 e. The van der Waals surface area contributed by atoms with Crippen molar-refractivity contribution in [2.24, 2.45) is 0 Å². The predicted molar refractivity (Wildman–Crippen MR) is 140 cm³/mol. The number of rotatable bonds is 7. The highest BCUT2D eigenvalue weighted by molar-refractivity contribution is 5.87. The maximum Gasteiger partial charge on any atom is 0.269 e. The summed E-state index contributed by atoms with van der Waals surface area (Å²) in [6, 6.07) is 14.0. The fourth-order valence-corrected chi connectivity index (χ4v) is 5.03. The summed E-state index contributed by atoms with van der Waals surface area (Å²) in [6.07, 6.45) is 2.20. The van der Waals surface area contributed by atoms with Crippen LogP contribution < -0.4 is 9.64 Å². The number of non-ortho nitro benzene ring substituents is 1. The zero-order valence-corrected chi connectivity index (χ0v) is 21.0. The number of methoxy groups -OCH3 is 1. The van der Waals surface area contributed by atoms with Crippen LogP contribution in [0.25, 0.3) is 22.6 Å². The van der Waals surface area contributed by atoms with Crippen molar-refractivity contribution >= 4 is 22.7 Å². The van der Waals surface area contributed by atoms with Crippen molar-refractivity contribution in [3.8, 4) is 17.1 Å². The number of benzene rings is 2. The number of anilines is 1. The summed E-state index contributed by atoms with van der Waals surface area (Å²) in [5.74, 6) is 2.49. The lowest BCUT2D eigenvalue weighted by Crippen LogP contribution is -2.38. The van der Waals surface area contributed by atoms with Crippen LogP contribution >= 0.6 is 0 Å². The van der Waals surface area contributed by atoms with Crippen molar-refractivity contribution in [3.63, 3.8) is 0 Å². The number of aromatic nitrogens is 4. The molecule has 1 N–H and O–H groups in total. The summed E-state index contributed by atoms with van der Waals surface area (Å²) in [4.78, 5) is 27.5. The third kappa shape index (κ3) is 4.33. The largest absolute Gasteiger partial charge is 0.497 e. The van der Waals surface area contributed by atoms with Crippen molar-refractivity contribution in [2.75, 3.05) is 38.3 Å². The third-order valence-corrected chi connectivity index (χ3v) is 7.33. The molecule has 1 aliphatic heterocycles. The topological polar surface area (TPSA) is 129 Å². The number of hydrogen-bond donors (Lipinski definition) is 1. The molecular weight excluding hydrogens is 488 g/mol. The molecule has 2 fully saturated rings. The third-order valence-electron chi connectivity index (χ3n) is 7.33. The second-order valence-electron chi connectivity index (χ2n) is 9.70. The van der Waals surface area contributed by atoms with Gasteiger partial charge in [0.1, 0.15) is 22.7 Å². The summed E-state index contributed by atoms with van der Waals surface area (Å²) < 4.78 is 13.0. The lowest BCUT2D eigenvalue weighted by atomic mass is 9.79. The number of nitrogens with zero attached hydrogens (tertiary/aromatic N) is 6. The number of fused-ring (bicyclic) bond motifs is 1. The number of imidazole rings is 1. The molecule has 11 nitrogen and oxygen atoms in total. The molecule has 0 radical (unpaired) electrons. The minimum absolute atomic E-state index is 0.00138. The normalized spacial score (nSPS) is 16.8. The van der Waals surface area contributed by atoms with Crippen molar-refractivity contribution in [3.05, 3.63) is 70.0 Å². The summed E-state index contributed by atoms with van der Waals surface area (Å²) in [7, 11) is 1.64. The number of ether oxygens (including phenoxy) is 2. The molecule has 2 aromatic carbocycles. The van der Waals surface area contributed by atoms with E-state index in [2.05, 4.69) is 4.90 Å². The maximum atomic E-state index is 11.4. The van der Waals surface area contributed by atoms with Gasteiger partial charge in [-0.15, -0.1) is 0 Å². The van der Waals surface area contributed by atoms with Gasteiger partial charge in [0.15, 0.2) is 17.3 Å². The number of hydrogen-bond acceptors (Lipinski definition) is 9. The van der Waals surface area contributed by atoms with E-state index in [0.29, 0.717) is 74.4 Å². The van der Waals surface area contributed by atoms with E-state index < -0.39 is 10.5 Å². The summed E-state index contributed by atoms with van der Waals surface area (Å²) in [5.41, 5.74) is 1.90. The first-order valence-corrected chi connectivity index (χ1v) is 12.7. The molecule has 0 amide bonds. The molecule has 6 rings (SSSR count). The molecule has 3 heterocycles. The van der Waals surface area contributed by atoms with E-state index in [4.69, 9.17) is 24.4 Å². The van der Waals surface area contributed by atoms with Crippen LogP contribution in [0.1, 0.15) is 30.7 Å². The van der Waals surface area contributed by atoms with E-state index in [1.807, 2.05) is 28.8 Å². The second-order valence-corrected chi connectivity index (χ2v) is 9.70. The fraction of sp³-hybridized carbons (Fsp3) is 0.370. The van der Waals surface area contributed by atoms with Crippen LogP contribution in [-0.2, 0) is 16.9 Å². The van der Waals surface area contributed by atoms with Crippen LogP contribution in [0.15, 0.2) is 48.5 Å². The number of nitro groups is 1. The van der Waals surface area contributed by atoms with Gasteiger partial charge in [-0.2, -0.15) is 0 Å². The zero-order valence-electron chi connectivity index (χ0n) is 21.0.